The van der Waals surface area contributed by atoms with Gasteiger partial charge in [-0.25, -0.2) is 8.78 Å². The first-order chi connectivity index (χ1) is 8.94. The van der Waals surface area contributed by atoms with Crippen molar-refractivity contribution in [3.05, 3.63) is 35.4 Å². The van der Waals surface area contributed by atoms with Gasteiger partial charge in [0.1, 0.15) is 11.6 Å². The smallest absolute Gasteiger partial charge is 0.126 e. The molecule has 1 atom stereocenters. The van der Waals surface area contributed by atoms with Gasteiger partial charge in [0.2, 0.25) is 0 Å². The zero-order chi connectivity index (χ0) is 13.9. The van der Waals surface area contributed by atoms with Crippen LogP contribution >= 0.6 is 0 Å². The van der Waals surface area contributed by atoms with Crippen LogP contribution < -0.4 is 5.32 Å². The van der Waals surface area contributed by atoms with Crippen LogP contribution in [0.25, 0.3) is 0 Å². The number of nitrogens with one attached hydrogen (secondary N) is 1. The van der Waals surface area contributed by atoms with E-state index in [9.17, 15) is 8.78 Å². The first-order valence-electron chi connectivity index (χ1n) is 6.36. The molecule has 0 aliphatic carbocycles. The molecule has 0 bridgehead atoms. The van der Waals surface area contributed by atoms with Crippen LogP contribution in [-0.4, -0.2) is 31.4 Å². The zero-order valence-electron chi connectivity index (χ0n) is 11.2. The molecule has 1 aliphatic rings. The molecule has 1 heterocycles. The molecular weight excluding hydrogens is 252 g/mol. The Balaban J connectivity index is 1.80. The van der Waals surface area contributed by atoms with Gasteiger partial charge >= 0.3 is 0 Å². The van der Waals surface area contributed by atoms with Crippen molar-refractivity contribution in [1.82, 2.24) is 5.32 Å². The second kappa shape index (κ2) is 5.94. The molecule has 1 aromatic rings. The summed E-state index contributed by atoms with van der Waals surface area (Å²) in [7, 11) is 0. The number of benzene rings is 1. The lowest BCUT2D eigenvalue weighted by Gasteiger charge is -2.36. The molecule has 1 aliphatic heterocycles. The molecule has 5 heteroatoms. The molecule has 1 fully saturated rings. The quantitative estimate of drug-likeness (QED) is 0.911. The van der Waals surface area contributed by atoms with Crippen molar-refractivity contribution in [3.63, 3.8) is 0 Å². The van der Waals surface area contributed by atoms with E-state index in [2.05, 4.69) is 5.32 Å². The maximum Gasteiger partial charge on any atom is 0.126 e. The number of hydrogen-bond donors (Lipinski definition) is 1. The highest BCUT2D eigenvalue weighted by atomic mass is 19.1. The topological polar surface area (TPSA) is 30.5 Å². The summed E-state index contributed by atoms with van der Waals surface area (Å²) in [5, 5.41) is 3.27. The maximum atomic E-state index is 13.0. The lowest BCUT2D eigenvalue weighted by Crippen LogP contribution is -2.51. The fourth-order valence-corrected chi connectivity index (χ4v) is 2.16. The molecule has 1 saturated heterocycles. The molecule has 0 amide bonds. The first-order valence-corrected chi connectivity index (χ1v) is 6.36. The van der Waals surface area contributed by atoms with E-state index >= 15 is 0 Å². The van der Waals surface area contributed by atoms with E-state index in [1.165, 1.54) is 12.1 Å². The van der Waals surface area contributed by atoms with Gasteiger partial charge in [-0.05, 0) is 31.5 Å². The number of ether oxygens (including phenoxy) is 2. The minimum absolute atomic E-state index is 0.0397. The average molecular weight is 271 g/mol. The Morgan fingerprint density at radius 1 is 1.32 bits per heavy atom. The highest BCUT2D eigenvalue weighted by Crippen LogP contribution is 2.16. The molecule has 0 spiro atoms. The SMILES string of the molecule is CC1(C)CNCC(COCc2cc(F)cc(F)c2)O1. The zero-order valence-corrected chi connectivity index (χ0v) is 11.2. The van der Waals surface area contributed by atoms with Crippen LogP contribution in [0.1, 0.15) is 19.4 Å². The van der Waals surface area contributed by atoms with Gasteiger partial charge in [0, 0.05) is 19.2 Å². The summed E-state index contributed by atoms with van der Waals surface area (Å²) in [6, 6.07) is 3.39. The van der Waals surface area contributed by atoms with E-state index in [4.69, 9.17) is 9.47 Å². The molecule has 1 aromatic carbocycles. The maximum absolute atomic E-state index is 13.0. The number of hydrogen-bond acceptors (Lipinski definition) is 3. The van der Waals surface area contributed by atoms with Crippen LogP contribution in [0.2, 0.25) is 0 Å². The molecule has 0 saturated carbocycles. The molecule has 106 valence electrons. The molecule has 19 heavy (non-hydrogen) atoms. The number of morpholine rings is 1. The summed E-state index contributed by atoms with van der Waals surface area (Å²) in [4.78, 5) is 0. The Morgan fingerprint density at radius 2 is 2.00 bits per heavy atom. The normalized spacial score (nSPS) is 22.4. The standard InChI is InChI=1S/C14H19F2NO2/c1-14(2)9-17-6-13(19-14)8-18-7-10-3-11(15)5-12(16)4-10/h3-5,13,17H,6-9H2,1-2H3. The Morgan fingerprint density at radius 3 is 2.63 bits per heavy atom. The van der Waals surface area contributed by atoms with Crippen LogP contribution in [0, 0.1) is 11.6 Å². The van der Waals surface area contributed by atoms with Crippen LogP contribution in [0.5, 0.6) is 0 Å². The highest BCUT2D eigenvalue weighted by Gasteiger charge is 2.28. The molecule has 0 radical (unpaired) electrons. The predicted octanol–water partition coefficient (Wildman–Crippen LogP) is 2.25. The second-order valence-corrected chi connectivity index (χ2v) is 5.42. The van der Waals surface area contributed by atoms with E-state index in [1.54, 1.807) is 0 Å². The fourth-order valence-electron chi connectivity index (χ4n) is 2.16. The van der Waals surface area contributed by atoms with Gasteiger partial charge in [0.05, 0.1) is 24.9 Å². The van der Waals surface area contributed by atoms with E-state index in [1.807, 2.05) is 13.8 Å². The Bertz CT molecular complexity index is 417. The molecule has 3 nitrogen and oxygen atoms in total. The molecule has 0 aromatic heterocycles. The number of halogens is 2. The molecule has 2 rings (SSSR count). The summed E-state index contributed by atoms with van der Waals surface area (Å²) >= 11 is 0. The van der Waals surface area contributed by atoms with Gasteiger partial charge in [-0.2, -0.15) is 0 Å². The van der Waals surface area contributed by atoms with E-state index in [-0.39, 0.29) is 18.3 Å². The predicted molar refractivity (Wildman–Crippen MR) is 67.8 cm³/mol. The highest BCUT2D eigenvalue weighted by molar-refractivity contribution is 5.16. The van der Waals surface area contributed by atoms with Gasteiger partial charge in [-0.3, -0.25) is 0 Å². The van der Waals surface area contributed by atoms with Crippen LogP contribution in [0.4, 0.5) is 8.78 Å². The van der Waals surface area contributed by atoms with E-state index in [0.29, 0.717) is 12.2 Å². The Hall–Kier alpha value is -1.04. The lowest BCUT2D eigenvalue weighted by molar-refractivity contribution is -0.122. The largest absolute Gasteiger partial charge is 0.374 e. The molecule has 1 N–H and O–H groups in total. The fraction of sp³-hybridized carbons (Fsp3) is 0.571. The van der Waals surface area contributed by atoms with Crippen molar-refractivity contribution in [2.24, 2.45) is 0 Å². The Labute approximate surface area is 111 Å². The van der Waals surface area contributed by atoms with Gasteiger partial charge in [-0.15, -0.1) is 0 Å². The van der Waals surface area contributed by atoms with Crippen molar-refractivity contribution in [2.45, 2.75) is 32.2 Å². The Kier molecular flexibility index (Phi) is 4.50. The monoisotopic (exact) mass is 271 g/mol. The molecular formula is C14H19F2NO2. The summed E-state index contributed by atoms with van der Waals surface area (Å²) in [6.45, 7) is 6.12. The van der Waals surface area contributed by atoms with Gasteiger partial charge in [0.15, 0.2) is 0 Å². The van der Waals surface area contributed by atoms with Crippen molar-refractivity contribution in [2.75, 3.05) is 19.7 Å². The molecule has 1 unspecified atom stereocenters. The summed E-state index contributed by atoms with van der Waals surface area (Å²) in [6.07, 6.45) is -0.0397. The summed E-state index contributed by atoms with van der Waals surface area (Å²) in [5.74, 6) is -1.18. The third-order valence-corrected chi connectivity index (χ3v) is 2.90. The first kappa shape index (κ1) is 14.4. The van der Waals surface area contributed by atoms with Gasteiger partial charge in [0.25, 0.3) is 0 Å². The van der Waals surface area contributed by atoms with Crippen molar-refractivity contribution >= 4 is 0 Å². The minimum Gasteiger partial charge on any atom is -0.374 e. The summed E-state index contributed by atoms with van der Waals surface area (Å²) < 4.78 is 37.3. The van der Waals surface area contributed by atoms with Crippen molar-refractivity contribution < 1.29 is 18.3 Å². The van der Waals surface area contributed by atoms with Gasteiger partial charge < -0.3 is 14.8 Å². The third-order valence-electron chi connectivity index (χ3n) is 2.90. The van der Waals surface area contributed by atoms with Crippen LogP contribution in [0.15, 0.2) is 18.2 Å². The van der Waals surface area contributed by atoms with Crippen LogP contribution in [-0.2, 0) is 16.1 Å². The third kappa shape index (κ3) is 4.53. The van der Waals surface area contributed by atoms with Crippen molar-refractivity contribution in [1.29, 1.82) is 0 Å². The average Bonchev–Trinajstić information content (AvgIpc) is 2.26. The van der Waals surface area contributed by atoms with Gasteiger partial charge in [-0.1, -0.05) is 0 Å². The lowest BCUT2D eigenvalue weighted by atomic mass is 10.1. The minimum atomic E-state index is -0.588. The van der Waals surface area contributed by atoms with E-state index < -0.39 is 11.6 Å². The summed E-state index contributed by atoms with van der Waals surface area (Å²) in [5.41, 5.74) is 0.276. The second-order valence-electron chi connectivity index (χ2n) is 5.42. The number of rotatable bonds is 4. The van der Waals surface area contributed by atoms with Crippen molar-refractivity contribution in [3.8, 4) is 0 Å². The van der Waals surface area contributed by atoms with E-state index in [0.717, 1.165) is 19.2 Å². The van der Waals surface area contributed by atoms with Crippen LogP contribution in [0.3, 0.4) is 0 Å².